The van der Waals surface area contributed by atoms with Gasteiger partial charge < -0.3 is 9.08 Å². The Balaban J connectivity index is 1.82. The van der Waals surface area contributed by atoms with E-state index in [9.17, 15) is 22.0 Å². The van der Waals surface area contributed by atoms with Gasteiger partial charge in [-0.1, -0.05) is 19.1 Å². The van der Waals surface area contributed by atoms with Crippen molar-refractivity contribution in [2.24, 2.45) is 0 Å². The lowest BCUT2D eigenvalue weighted by Gasteiger charge is -2.29. The first-order valence-electron chi connectivity index (χ1n) is 10.0. The lowest BCUT2D eigenvalue weighted by molar-refractivity contribution is 0.0671. The molecule has 32 heavy (non-hydrogen) atoms. The highest BCUT2D eigenvalue weighted by Crippen LogP contribution is 2.22. The Kier molecular flexibility index (Phi) is 7.25. The summed E-state index contributed by atoms with van der Waals surface area (Å²) in [6.45, 7) is 4.06. The first kappa shape index (κ1) is 23.4. The van der Waals surface area contributed by atoms with Crippen LogP contribution in [0.4, 0.5) is 8.78 Å². The fourth-order valence-corrected chi connectivity index (χ4v) is 4.00. The van der Waals surface area contributed by atoms with Gasteiger partial charge in [-0.3, -0.25) is 4.79 Å². The van der Waals surface area contributed by atoms with E-state index in [2.05, 4.69) is 0 Å². The van der Waals surface area contributed by atoms with Crippen LogP contribution in [-0.4, -0.2) is 25.3 Å². The summed E-state index contributed by atoms with van der Waals surface area (Å²) in [5.74, 6) is -1.17. The van der Waals surface area contributed by atoms with Crippen molar-refractivity contribution < 1.29 is 26.2 Å². The molecule has 3 aromatic rings. The third-order valence-electron chi connectivity index (χ3n) is 5.03. The fraction of sp³-hybridized carbons (Fsp3) is 0.208. The van der Waals surface area contributed by atoms with Crippen molar-refractivity contribution in [2.75, 3.05) is 0 Å². The fourth-order valence-electron chi connectivity index (χ4n) is 3.07. The Morgan fingerprint density at radius 1 is 0.969 bits per heavy atom. The first-order valence-corrected chi connectivity index (χ1v) is 11.5. The quantitative estimate of drug-likeness (QED) is 0.436. The molecule has 0 aliphatic heterocycles. The van der Waals surface area contributed by atoms with E-state index >= 15 is 0 Å². The number of hydrogen-bond donors (Lipinski definition) is 0. The van der Waals surface area contributed by atoms with E-state index in [1.807, 2.05) is 13.8 Å². The zero-order valence-corrected chi connectivity index (χ0v) is 18.5. The summed E-state index contributed by atoms with van der Waals surface area (Å²) in [7, 11) is -4.14. The van der Waals surface area contributed by atoms with E-state index in [0.717, 1.165) is 24.3 Å². The highest BCUT2D eigenvalue weighted by molar-refractivity contribution is 7.87. The molecule has 0 fully saturated rings. The van der Waals surface area contributed by atoms with E-state index in [1.54, 1.807) is 17.0 Å². The Hall–Kier alpha value is -3.26. The minimum absolute atomic E-state index is 0.0742. The Morgan fingerprint density at radius 2 is 1.56 bits per heavy atom. The molecule has 1 atom stereocenters. The van der Waals surface area contributed by atoms with Crippen molar-refractivity contribution >= 4 is 16.0 Å². The Labute approximate surface area is 186 Å². The van der Waals surface area contributed by atoms with Gasteiger partial charge in [0.1, 0.15) is 22.3 Å². The van der Waals surface area contributed by atoms with Crippen LogP contribution < -0.4 is 4.18 Å². The van der Waals surface area contributed by atoms with Gasteiger partial charge in [0, 0.05) is 18.2 Å². The maximum atomic E-state index is 13.2. The van der Waals surface area contributed by atoms with Gasteiger partial charge in [0.15, 0.2) is 0 Å². The normalized spacial score (nSPS) is 12.2. The Bertz CT molecular complexity index is 1180. The molecule has 0 N–H and O–H groups in total. The molecule has 0 aromatic heterocycles. The second-order valence-corrected chi connectivity index (χ2v) is 8.88. The SMILES string of the molecule is CCC(C)N(Cc1cccc(OS(=O)(=O)c2ccc(F)cc2)c1)C(=O)c1ccc(F)cc1. The summed E-state index contributed by atoms with van der Waals surface area (Å²) in [6.07, 6.45) is 0.696. The zero-order chi connectivity index (χ0) is 23.3. The highest BCUT2D eigenvalue weighted by atomic mass is 32.2. The van der Waals surface area contributed by atoms with Crippen LogP contribution in [0.25, 0.3) is 0 Å². The number of amides is 1. The van der Waals surface area contributed by atoms with Gasteiger partial charge in [0.05, 0.1) is 0 Å². The van der Waals surface area contributed by atoms with Crippen LogP contribution in [-0.2, 0) is 16.7 Å². The third-order valence-corrected chi connectivity index (χ3v) is 6.30. The van der Waals surface area contributed by atoms with E-state index in [4.69, 9.17) is 4.18 Å². The smallest absolute Gasteiger partial charge is 0.339 e. The molecule has 5 nitrogen and oxygen atoms in total. The van der Waals surface area contributed by atoms with Crippen LogP contribution in [0.5, 0.6) is 5.75 Å². The van der Waals surface area contributed by atoms with Crippen LogP contribution in [0.1, 0.15) is 36.2 Å². The number of nitrogens with zero attached hydrogens (tertiary/aromatic N) is 1. The van der Waals surface area contributed by atoms with E-state index in [1.165, 1.54) is 36.4 Å². The number of carbonyl (C=O) groups is 1. The minimum Gasteiger partial charge on any atom is -0.379 e. The number of halogens is 2. The van der Waals surface area contributed by atoms with Crippen molar-refractivity contribution in [2.45, 2.75) is 37.8 Å². The lowest BCUT2D eigenvalue weighted by atomic mass is 10.1. The summed E-state index contributed by atoms with van der Waals surface area (Å²) in [4.78, 5) is 14.5. The van der Waals surface area contributed by atoms with E-state index in [-0.39, 0.29) is 29.1 Å². The molecule has 0 heterocycles. The predicted octanol–water partition coefficient (Wildman–Crippen LogP) is 5.17. The van der Waals surface area contributed by atoms with Crippen LogP contribution >= 0.6 is 0 Å². The Morgan fingerprint density at radius 3 is 2.16 bits per heavy atom. The van der Waals surface area contributed by atoms with Crippen LogP contribution in [0.15, 0.2) is 77.7 Å². The van der Waals surface area contributed by atoms with Gasteiger partial charge in [0.2, 0.25) is 0 Å². The van der Waals surface area contributed by atoms with Gasteiger partial charge >= 0.3 is 10.1 Å². The number of hydrogen-bond acceptors (Lipinski definition) is 4. The first-order chi connectivity index (χ1) is 15.2. The predicted molar refractivity (Wildman–Crippen MR) is 117 cm³/mol. The molecule has 0 radical (unpaired) electrons. The molecule has 1 amide bonds. The van der Waals surface area contributed by atoms with Crippen molar-refractivity contribution in [3.8, 4) is 5.75 Å². The molecule has 1 unspecified atom stereocenters. The summed E-state index contributed by atoms with van der Waals surface area (Å²) in [5, 5.41) is 0. The summed E-state index contributed by atoms with van der Waals surface area (Å²) >= 11 is 0. The largest absolute Gasteiger partial charge is 0.379 e. The second-order valence-electron chi connectivity index (χ2n) is 7.34. The zero-order valence-electron chi connectivity index (χ0n) is 17.7. The van der Waals surface area contributed by atoms with Gasteiger partial charge in [-0.05, 0) is 79.6 Å². The van der Waals surface area contributed by atoms with E-state index in [0.29, 0.717) is 17.5 Å². The topological polar surface area (TPSA) is 63.7 Å². The third kappa shape index (κ3) is 5.70. The summed E-state index contributed by atoms with van der Waals surface area (Å²) < 4.78 is 56.5. The molecular formula is C24H23F2NO4S. The molecule has 8 heteroatoms. The molecule has 0 saturated heterocycles. The average molecular weight is 460 g/mol. The van der Waals surface area contributed by atoms with Gasteiger partial charge in [-0.25, -0.2) is 8.78 Å². The highest BCUT2D eigenvalue weighted by Gasteiger charge is 2.22. The summed E-state index contributed by atoms with van der Waals surface area (Å²) in [6, 6.07) is 16.0. The number of carbonyl (C=O) groups excluding carboxylic acids is 1. The molecule has 0 aliphatic carbocycles. The molecule has 3 rings (SSSR count). The standard InChI is InChI=1S/C24H23F2NO4S/c1-3-17(2)27(24(28)19-7-9-20(25)10-8-19)16-18-5-4-6-22(15-18)31-32(29,30)23-13-11-21(26)12-14-23/h4-15,17H,3,16H2,1-2H3. The number of benzene rings is 3. The average Bonchev–Trinajstić information content (AvgIpc) is 2.77. The van der Waals surface area contributed by atoms with Gasteiger partial charge in [-0.15, -0.1) is 0 Å². The lowest BCUT2D eigenvalue weighted by Crippen LogP contribution is -2.37. The van der Waals surface area contributed by atoms with Crippen molar-refractivity contribution in [3.05, 3.63) is 95.6 Å². The van der Waals surface area contributed by atoms with Gasteiger partial charge in [0.25, 0.3) is 5.91 Å². The van der Waals surface area contributed by atoms with Crippen LogP contribution in [0.2, 0.25) is 0 Å². The molecule has 168 valence electrons. The van der Waals surface area contributed by atoms with Crippen molar-refractivity contribution in [1.82, 2.24) is 4.90 Å². The molecule has 0 saturated carbocycles. The van der Waals surface area contributed by atoms with E-state index < -0.39 is 21.8 Å². The minimum atomic E-state index is -4.14. The molecule has 0 aliphatic rings. The monoisotopic (exact) mass is 459 g/mol. The molecule has 0 spiro atoms. The van der Waals surface area contributed by atoms with Gasteiger partial charge in [-0.2, -0.15) is 8.42 Å². The second kappa shape index (κ2) is 9.91. The molecular weight excluding hydrogens is 436 g/mol. The number of rotatable bonds is 8. The van der Waals surface area contributed by atoms with Crippen molar-refractivity contribution in [3.63, 3.8) is 0 Å². The van der Waals surface area contributed by atoms with Crippen LogP contribution in [0, 0.1) is 11.6 Å². The maximum absolute atomic E-state index is 13.2. The van der Waals surface area contributed by atoms with Crippen molar-refractivity contribution in [1.29, 1.82) is 0 Å². The molecule has 3 aromatic carbocycles. The maximum Gasteiger partial charge on any atom is 0.339 e. The summed E-state index contributed by atoms with van der Waals surface area (Å²) in [5.41, 5.74) is 1.02. The van der Waals surface area contributed by atoms with Crippen LogP contribution in [0.3, 0.4) is 0 Å². The molecule has 0 bridgehead atoms.